The predicted molar refractivity (Wildman–Crippen MR) is 349 cm³/mol. The van der Waals surface area contributed by atoms with E-state index in [2.05, 4.69) is 267 Å². The molecule has 0 aliphatic carbocycles. The summed E-state index contributed by atoms with van der Waals surface area (Å²) in [5.41, 5.74) is 20.9. The largest absolute Gasteiger partial charge is 0.309 e. The molecule has 0 aliphatic heterocycles. The van der Waals surface area contributed by atoms with Gasteiger partial charge in [0.2, 0.25) is 0 Å². The van der Waals surface area contributed by atoms with Crippen molar-refractivity contribution in [1.29, 1.82) is 5.26 Å². The molecule has 4 aromatic heterocycles. The van der Waals surface area contributed by atoms with E-state index in [1.54, 1.807) is 6.07 Å². The van der Waals surface area contributed by atoms with Crippen molar-refractivity contribution in [3.05, 3.63) is 302 Å². The molecule has 12 aromatic carbocycles. The van der Waals surface area contributed by atoms with Gasteiger partial charge in [0, 0.05) is 77.1 Å². The molecule has 0 atom stereocenters. The highest BCUT2D eigenvalue weighted by Gasteiger charge is 2.25. The van der Waals surface area contributed by atoms with E-state index in [-0.39, 0.29) is 0 Å². The number of para-hydroxylation sites is 5. The highest BCUT2D eigenvalue weighted by Crippen LogP contribution is 2.46. The Morgan fingerprint density at radius 3 is 1.21 bits per heavy atom. The van der Waals surface area contributed by atoms with Crippen LogP contribution in [0.15, 0.2) is 285 Å². The van der Waals surface area contributed by atoms with Gasteiger partial charge in [-0.05, 0) is 125 Å². The lowest BCUT2D eigenvalue weighted by molar-refractivity contribution is 1.16. The van der Waals surface area contributed by atoms with E-state index in [1.807, 2.05) is 36.4 Å². The normalized spacial score (nSPS) is 11.5. The van der Waals surface area contributed by atoms with E-state index in [9.17, 15) is 5.26 Å². The molecule has 0 bridgehead atoms. The Labute approximate surface area is 489 Å². The van der Waals surface area contributed by atoms with Gasteiger partial charge in [-0.3, -0.25) is 0 Å². The number of hydrogen-bond acceptors (Lipinski definition) is 3. The molecule has 0 N–H and O–H groups in total. The predicted octanol–water partition coefficient (Wildman–Crippen LogP) is 20.2. The molecule has 4 heterocycles. The van der Waals surface area contributed by atoms with Gasteiger partial charge in [-0.25, -0.2) is 14.8 Å². The van der Waals surface area contributed by atoms with Crippen molar-refractivity contribution in [2.24, 2.45) is 0 Å². The number of rotatable bonds is 9. The number of fused-ring (bicyclic) bond motifs is 9. The van der Waals surface area contributed by atoms with Crippen molar-refractivity contribution in [2.75, 3.05) is 0 Å². The van der Waals surface area contributed by atoms with E-state index >= 15 is 0 Å². The van der Waals surface area contributed by atoms with Crippen LogP contribution >= 0.6 is 0 Å². The lowest BCUT2D eigenvalue weighted by atomic mass is 9.91. The first kappa shape index (κ1) is 49.0. The van der Waals surface area contributed by atoms with Crippen LogP contribution in [-0.4, -0.2) is 23.7 Å². The van der Waals surface area contributed by atoms with Gasteiger partial charge in [0.1, 0.15) is 0 Å². The molecule has 0 aliphatic rings. The Bertz CT molecular complexity index is 5050. The van der Waals surface area contributed by atoms with Gasteiger partial charge in [0.15, 0.2) is 11.5 Å². The fraction of sp³-hybridized carbons (Fsp3) is 0. The average molecular weight is 1080 g/mol. The second-order valence-corrected chi connectivity index (χ2v) is 21.5. The molecule has 0 fully saturated rings. The number of hydrogen-bond donors (Lipinski definition) is 0. The van der Waals surface area contributed by atoms with Crippen molar-refractivity contribution in [1.82, 2.24) is 23.7 Å². The van der Waals surface area contributed by atoms with E-state index in [4.69, 9.17) is 16.5 Å². The zero-order chi connectivity index (χ0) is 56.5. The Kier molecular flexibility index (Phi) is 11.5. The summed E-state index contributed by atoms with van der Waals surface area (Å²) in [7, 11) is 0. The van der Waals surface area contributed by atoms with E-state index < -0.39 is 0 Å². The first-order valence-corrected chi connectivity index (χ1v) is 28.4. The van der Waals surface area contributed by atoms with Crippen LogP contribution in [-0.2, 0) is 0 Å². The molecule has 0 amide bonds. The minimum Gasteiger partial charge on any atom is -0.309 e. The summed E-state index contributed by atoms with van der Waals surface area (Å²) < 4.78 is 7.17. The highest BCUT2D eigenvalue weighted by molar-refractivity contribution is 6.13. The van der Waals surface area contributed by atoms with Gasteiger partial charge < -0.3 is 13.7 Å². The molecule has 16 rings (SSSR count). The maximum atomic E-state index is 10.1. The Morgan fingerprint density at radius 1 is 0.318 bits per heavy atom. The minimum absolute atomic E-state index is 0.426. The SMILES string of the molecule is [C-]#[N+]c1cc(C#N)cc(-c2ccc3c(c2)c2ccccc2n3-c2c(-c3ccc(-n4c5ccccc5c5ccccc54)cc3)cc(-c3cc(-c4ccccc4)nc(-c4ccccc4)n3)cc2-c2ccc(-n3c4ccccc4c4ccccc43)cc2)c1. The zero-order valence-corrected chi connectivity index (χ0v) is 45.8. The molecule has 0 unspecified atom stereocenters. The summed E-state index contributed by atoms with van der Waals surface area (Å²) in [6, 6.07) is 103. The molecule has 7 heteroatoms. The first-order valence-electron chi connectivity index (χ1n) is 28.4. The Balaban J connectivity index is 0.994. The lowest BCUT2D eigenvalue weighted by Gasteiger charge is -2.22. The third-order valence-corrected chi connectivity index (χ3v) is 16.7. The standard InChI is InChI=1S/C78H47N7/c1-80-58-43-50(49-79)42-56(44-58)55-36-41-76-68(45-55)65-26-12-17-31-75(65)85(76)77-66(51-32-37-59(38-33-51)83-71-27-13-8-22-61(71)62-23-9-14-28-72(62)83)46-57(70-48-69(53-18-4-2-5-19-53)81-78(82-70)54-20-6-3-7-21-54)47-67(77)52-34-39-60(40-35-52)84-73-29-15-10-24-63(73)64-25-11-16-30-74(64)84/h2-48H. The second kappa shape index (κ2) is 20.0. The van der Waals surface area contributed by atoms with E-state index in [0.717, 1.165) is 122 Å². The van der Waals surface area contributed by atoms with Crippen molar-refractivity contribution in [2.45, 2.75) is 0 Å². The molecule has 85 heavy (non-hydrogen) atoms. The summed E-state index contributed by atoms with van der Waals surface area (Å²) in [6.07, 6.45) is 0. The molecule has 16 aromatic rings. The third kappa shape index (κ3) is 8.18. The molecule has 0 spiro atoms. The van der Waals surface area contributed by atoms with Crippen molar-refractivity contribution >= 4 is 71.1 Å². The minimum atomic E-state index is 0.426. The summed E-state index contributed by atoms with van der Waals surface area (Å²) in [6.45, 7) is 7.89. The van der Waals surface area contributed by atoms with Gasteiger partial charge in [-0.1, -0.05) is 182 Å². The van der Waals surface area contributed by atoms with Crippen LogP contribution in [0.3, 0.4) is 0 Å². The number of benzene rings is 12. The third-order valence-electron chi connectivity index (χ3n) is 16.7. The quantitative estimate of drug-likeness (QED) is 0.135. The Hall–Kier alpha value is -11.9. The average Bonchev–Trinajstić information content (AvgIpc) is 2.30. The maximum Gasteiger partial charge on any atom is 0.189 e. The topological polar surface area (TPSA) is 68.7 Å². The number of aromatic nitrogens is 5. The van der Waals surface area contributed by atoms with E-state index in [0.29, 0.717) is 17.1 Å². The van der Waals surface area contributed by atoms with Crippen LogP contribution in [0.25, 0.3) is 155 Å². The monoisotopic (exact) mass is 1080 g/mol. The molecule has 394 valence electrons. The molecule has 0 radical (unpaired) electrons. The van der Waals surface area contributed by atoms with Gasteiger partial charge in [0.05, 0.1) is 62.8 Å². The number of nitriles is 1. The first-order chi connectivity index (χ1) is 42.0. The van der Waals surface area contributed by atoms with Crippen molar-refractivity contribution < 1.29 is 0 Å². The fourth-order valence-electron chi connectivity index (χ4n) is 12.8. The van der Waals surface area contributed by atoms with Crippen LogP contribution in [0.1, 0.15) is 5.56 Å². The van der Waals surface area contributed by atoms with Crippen LogP contribution in [0.4, 0.5) is 5.69 Å². The highest BCUT2D eigenvalue weighted by atomic mass is 15.0. The summed E-state index contributed by atoms with van der Waals surface area (Å²) in [5.74, 6) is 0.636. The van der Waals surface area contributed by atoms with Gasteiger partial charge in [-0.2, -0.15) is 5.26 Å². The van der Waals surface area contributed by atoms with Crippen LogP contribution in [0.2, 0.25) is 0 Å². The van der Waals surface area contributed by atoms with Crippen LogP contribution < -0.4 is 0 Å². The van der Waals surface area contributed by atoms with Gasteiger partial charge in [0.25, 0.3) is 0 Å². The van der Waals surface area contributed by atoms with Gasteiger partial charge in [-0.15, -0.1) is 0 Å². The Morgan fingerprint density at radius 2 is 0.729 bits per heavy atom. The maximum absolute atomic E-state index is 10.1. The van der Waals surface area contributed by atoms with E-state index in [1.165, 1.54) is 21.5 Å². The van der Waals surface area contributed by atoms with Gasteiger partial charge >= 0.3 is 0 Å². The zero-order valence-electron chi connectivity index (χ0n) is 45.8. The van der Waals surface area contributed by atoms with Crippen LogP contribution in [0, 0.1) is 17.9 Å². The van der Waals surface area contributed by atoms with Crippen molar-refractivity contribution in [3.8, 4) is 90.4 Å². The molecular formula is C78H47N7. The molecule has 0 saturated carbocycles. The van der Waals surface area contributed by atoms with Crippen LogP contribution in [0.5, 0.6) is 0 Å². The lowest BCUT2D eigenvalue weighted by Crippen LogP contribution is -2.03. The summed E-state index contributed by atoms with van der Waals surface area (Å²) in [4.78, 5) is 14.5. The smallest absolute Gasteiger partial charge is 0.189 e. The fourth-order valence-corrected chi connectivity index (χ4v) is 12.8. The number of nitrogens with zero attached hydrogens (tertiary/aromatic N) is 7. The molecule has 0 saturated heterocycles. The molecular weight excluding hydrogens is 1030 g/mol. The second-order valence-electron chi connectivity index (χ2n) is 21.5. The summed E-state index contributed by atoms with van der Waals surface area (Å²) >= 11 is 0. The summed E-state index contributed by atoms with van der Waals surface area (Å²) in [5, 5.41) is 17.0. The van der Waals surface area contributed by atoms with Crippen molar-refractivity contribution in [3.63, 3.8) is 0 Å². The molecule has 7 nitrogen and oxygen atoms in total.